The summed E-state index contributed by atoms with van der Waals surface area (Å²) in [6, 6.07) is 8.50. The standard InChI is InChI=1S/C16H17ClN4O3S/c1-20-9-12-15(16(20)22)11(8-14(17)19-12)18-10-6-4-5-7-13(10)21(2)25(3,23)24/h4-8H,9H2,1-3H3,(H,18,19). The Morgan fingerprint density at radius 3 is 2.64 bits per heavy atom. The summed E-state index contributed by atoms with van der Waals surface area (Å²) in [5.74, 6) is -0.157. The number of pyridine rings is 1. The van der Waals surface area contributed by atoms with Gasteiger partial charge in [0.1, 0.15) is 5.15 Å². The molecule has 0 radical (unpaired) electrons. The molecule has 1 N–H and O–H groups in total. The van der Waals surface area contributed by atoms with E-state index in [1.165, 1.54) is 11.4 Å². The van der Waals surface area contributed by atoms with Gasteiger partial charge in [-0.15, -0.1) is 0 Å². The largest absolute Gasteiger partial charge is 0.353 e. The molecule has 25 heavy (non-hydrogen) atoms. The topological polar surface area (TPSA) is 82.6 Å². The second-order valence-corrected chi connectivity index (χ2v) is 8.25. The third-order valence-electron chi connectivity index (χ3n) is 4.02. The number of halogens is 1. The Morgan fingerprint density at radius 2 is 1.96 bits per heavy atom. The van der Waals surface area contributed by atoms with Crippen molar-refractivity contribution in [1.82, 2.24) is 9.88 Å². The van der Waals surface area contributed by atoms with Gasteiger partial charge < -0.3 is 10.2 Å². The molecule has 132 valence electrons. The Balaban J connectivity index is 2.08. The second-order valence-electron chi connectivity index (χ2n) is 5.85. The monoisotopic (exact) mass is 380 g/mol. The van der Waals surface area contributed by atoms with E-state index in [2.05, 4.69) is 10.3 Å². The number of nitrogens with zero attached hydrogens (tertiary/aromatic N) is 3. The van der Waals surface area contributed by atoms with Gasteiger partial charge in [-0.05, 0) is 18.2 Å². The maximum Gasteiger partial charge on any atom is 0.257 e. The molecule has 0 bridgehead atoms. The van der Waals surface area contributed by atoms with E-state index < -0.39 is 10.0 Å². The average Bonchev–Trinajstić information content (AvgIpc) is 2.80. The molecular formula is C16H17ClN4O3S. The highest BCUT2D eigenvalue weighted by molar-refractivity contribution is 7.92. The normalized spacial score (nSPS) is 13.8. The first-order valence-corrected chi connectivity index (χ1v) is 9.66. The van der Waals surface area contributed by atoms with Crippen molar-refractivity contribution in [2.45, 2.75) is 6.54 Å². The molecule has 1 aliphatic rings. The van der Waals surface area contributed by atoms with Crippen LogP contribution in [0, 0.1) is 0 Å². The number of nitrogens with one attached hydrogen (secondary N) is 1. The van der Waals surface area contributed by atoms with Gasteiger partial charge in [-0.3, -0.25) is 9.10 Å². The zero-order chi connectivity index (χ0) is 18.4. The SMILES string of the molecule is CN1Cc2nc(Cl)cc(Nc3ccccc3N(C)S(C)(=O)=O)c2C1=O. The van der Waals surface area contributed by atoms with Gasteiger partial charge in [-0.2, -0.15) is 0 Å². The van der Waals surface area contributed by atoms with E-state index in [1.54, 1.807) is 42.3 Å². The highest BCUT2D eigenvalue weighted by Crippen LogP contribution is 2.35. The quantitative estimate of drug-likeness (QED) is 0.824. The molecule has 0 saturated carbocycles. The number of anilines is 3. The van der Waals surface area contributed by atoms with Gasteiger partial charge in [-0.1, -0.05) is 23.7 Å². The van der Waals surface area contributed by atoms with E-state index in [1.807, 2.05) is 0 Å². The van der Waals surface area contributed by atoms with Crippen LogP contribution in [-0.4, -0.2) is 44.6 Å². The number of hydrogen-bond donors (Lipinski definition) is 1. The molecule has 0 saturated heterocycles. The van der Waals surface area contributed by atoms with Crippen LogP contribution in [0.4, 0.5) is 17.1 Å². The molecule has 2 heterocycles. The van der Waals surface area contributed by atoms with Crippen LogP contribution in [0.25, 0.3) is 0 Å². The summed E-state index contributed by atoms with van der Waals surface area (Å²) in [5, 5.41) is 3.40. The molecule has 0 unspecified atom stereocenters. The summed E-state index contributed by atoms with van der Waals surface area (Å²) in [6.45, 7) is 0.383. The molecule has 1 aromatic heterocycles. The second kappa shape index (κ2) is 6.20. The maximum atomic E-state index is 12.4. The number of carbonyl (C=O) groups is 1. The van der Waals surface area contributed by atoms with Crippen LogP contribution in [0.3, 0.4) is 0 Å². The highest BCUT2D eigenvalue weighted by Gasteiger charge is 2.30. The lowest BCUT2D eigenvalue weighted by Crippen LogP contribution is -2.25. The Kier molecular flexibility index (Phi) is 4.34. The molecule has 0 atom stereocenters. The van der Waals surface area contributed by atoms with E-state index in [0.717, 1.165) is 6.26 Å². The summed E-state index contributed by atoms with van der Waals surface area (Å²) in [4.78, 5) is 18.2. The predicted octanol–water partition coefficient (Wildman–Crippen LogP) is 2.46. The minimum Gasteiger partial charge on any atom is -0.353 e. The molecule has 0 fully saturated rings. The number of sulfonamides is 1. The highest BCUT2D eigenvalue weighted by atomic mass is 35.5. The average molecular weight is 381 g/mol. The van der Waals surface area contributed by atoms with Crippen molar-refractivity contribution in [3.8, 4) is 0 Å². The van der Waals surface area contributed by atoms with Gasteiger partial charge in [-0.25, -0.2) is 13.4 Å². The fourth-order valence-corrected chi connectivity index (χ4v) is 3.41. The van der Waals surface area contributed by atoms with Crippen molar-refractivity contribution in [1.29, 1.82) is 0 Å². The van der Waals surface area contributed by atoms with E-state index >= 15 is 0 Å². The number of benzene rings is 1. The number of para-hydroxylation sites is 2. The number of amides is 1. The molecule has 1 aliphatic heterocycles. The van der Waals surface area contributed by atoms with Crippen LogP contribution in [0.15, 0.2) is 30.3 Å². The lowest BCUT2D eigenvalue weighted by Gasteiger charge is -2.21. The van der Waals surface area contributed by atoms with Crippen LogP contribution < -0.4 is 9.62 Å². The van der Waals surface area contributed by atoms with Gasteiger partial charge in [0.2, 0.25) is 10.0 Å². The van der Waals surface area contributed by atoms with E-state index in [0.29, 0.717) is 34.9 Å². The van der Waals surface area contributed by atoms with Gasteiger partial charge in [0.15, 0.2) is 0 Å². The Bertz CT molecular complexity index is 962. The molecule has 0 spiro atoms. The van der Waals surface area contributed by atoms with Crippen LogP contribution >= 0.6 is 11.6 Å². The number of carbonyl (C=O) groups excluding carboxylic acids is 1. The van der Waals surface area contributed by atoms with Gasteiger partial charge in [0.05, 0.1) is 41.1 Å². The first kappa shape index (κ1) is 17.5. The van der Waals surface area contributed by atoms with Crippen molar-refractivity contribution in [3.05, 3.63) is 46.7 Å². The van der Waals surface area contributed by atoms with Gasteiger partial charge >= 0.3 is 0 Å². The minimum atomic E-state index is -3.43. The van der Waals surface area contributed by atoms with Crippen LogP contribution in [0.1, 0.15) is 16.1 Å². The lowest BCUT2D eigenvalue weighted by molar-refractivity contribution is 0.0817. The molecule has 1 aromatic carbocycles. The van der Waals surface area contributed by atoms with E-state index in [-0.39, 0.29) is 11.1 Å². The molecule has 7 nitrogen and oxygen atoms in total. The molecule has 3 rings (SSSR count). The van der Waals surface area contributed by atoms with Crippen molar-refractivity contribution >= 4 is 44.6 Å². The first-order valence-electron chi connectivity index (χ1n) is 7.43. The first-order chi connectivity index (χ1) is 11.7. The van der Waals surface area contributed by atoms with E-state index in [4.69, 9.17) is 11.6 Å². The third kappa shape index (κ3) is 3.27. The van der Waals surface area contributed by atoms with Gasteiger partial charge in [0, 0.05) is 14.1 Å². The molecule has 9 heteroatoms. The van der Waals surface area contributed by atoms with Crippen molar-refractivity contribution in [2.24, 2.45) is 0 Å². The zero-order valence-corrected chi connectivity index (χ0v) is 15.5. The summed E-state index contributed by atoms with van der Waals surface area (Å²) in [7, 11) is -0.272. The molecule has 0 aliphatic carbocycles. The summed E-state index contributed by atoms with van der Waals surface area (Å²) in [5.41, 5.74) is 2.55. The van der Waals surface area contributed by atoms with Crippen molar-refractivity contribution in [3.63, 3.8) is 0 Å². The molecule has 1 amide bonds. The zero-order valence-electron chi connectivity index (χ0n) is 13.9. The lowest BCUT2D eigenvalue weighted by atomic mass is 10.1. The van der Waals surface area contributed by atoms with Crippen LogP contribution in [-0.2, 0) is 16.6 Å². The number of rotatable bonds is 4. The van der Waals surface area contributed by atoms with Crippen LogP contribution in [0.2, 0.25) is 5.15 Å². The number of hydrogen-bond acceptors (Lipinski definition) is 5. The number of fused-ring (bicyclic) bond motifs is 1. The fraction of sp³-hybridized carbons (Fsp3) is 0.250. The van der Waals surface area contributed by atoms with Crippen LogP contribution in [0.5, 0.6) is 0 Å². The van der Waals surface area contributed by atoms with Gasteiger partial charge in [0.25, 0.3) is 5.91 Å². The van der Waals surface area contributed by atoms with E-state index in [9.17, 15) is 13.2 Å². The third-order valence-corrected chi connectivity index (χ3v) is 5.41. The maximum absolute atomic E-state index is 12.4. The van der Waals surface area contributed by atoms with Crippen molar-refractivity contribution in [2.75, 3.05) is 30.0 Å². The van der Waals surface area contributed by atoms with Crippen molar-refractivity contribution < 1.29 is 13.2 Å². The Morgan fingerprint density at radius 1 is 1.28 bits per heavy atom. The fourth-order valence-electron chi connectivity index (χ4n) is 2.68. The summed E-state index contributed by atoms with van der Waals surface area (Å²) >= 11 is 6.08. The molecular weight excluding hydrogens is 364 g/mol. The predicted molar refractivity (Wildman–Crippen MR) is 98.0 cm³/mol. The summed E-state index contributed by atoms with van der Waals surface area (Å²) < 4.78 is 24.9. The smallest absolute Gasteiger partial charge is 0.257 e. The number of aromatic nitrogens is 1. The molecule has 2 aromatic rings. The minimum absolute atomic E-state index is 0.157. The Hall–Kier alpha value is -2.32. The summed E-state index contributed by atoms with van der Waals surface area (Å²) in [6.07, 6.45) is 1.13. The Labute approximate surface area is 151 Å².